The fraction of sp³-hybridized carbons (Fsp3) is 0.636. The average Bonchev–Trinajstić information content (AvgIpc) is 2.17. The first-order chi connectivity index (χ1) is 7.65. The Hall–Kier alpha value is -0.130. The van der Waals surface area contributed by atoms with Gasteiger partial charge in [0.05, 0.1) is 0 Å². The van der Waals surface area contributed by atoms with Crippen LogP contribution in [0, 0.1) is 0 Å². The molecule has 1 rings (SSSR count). The molecule has 0 radical (unpaired) electrons. The molecule has 90 valence electrons. The quantitative estimate of drug-likeness (QED) is 0.648. The third-order valence-electron chi connectivity index (χ3n) is 2.05. The molecule has 1 aromatic heterocycles. The Bertz CT molecular complexity index is 336. The van der Waals surface area contributed by atoms with Crippen molar-refractivity contribution in [2.24, 2.45) is 0 Å². The van der Waals surface area contributed by atoms with Crippen LogP contribution in [0.1, 0.15) is 32.5 Å². The highest BCUT2D eigenvalue weighted by Crippen LogP contribution is 2.25. The highest BCUT2D eigenvalue weighted by molar-refractivity contribution is 9.10. The highest BCUT2D eigenvalue weighted by Gasteiger charge is 2.08. The maximum absolute atomic E-state index is 8.85. The first-order valence-corrected chi connectivity index (χ1v) is 7.14. The molecule has 1 N–H and O–H groups in total. The zero-order valence-corrected chi connectivity index (χ0v) is 12.0. The average molecular weight is 305 g/mol. The van der Waals surface area contributed by atoms with Gasteiger partial charge in [-0.3, -0.25) is 0 Å². The largest absolute Gasteiger partial charge is 0.396 e. The molecule has 0 spiro atoms. The van der Waals surface area contributed by atoms with Crippen LogP contribution < -0.4 is 0 Å². The first kappa shape index (κ1) is 13.9. The predicted octanol–water partition coefficient (Wildman–Crippen LogP) is 3.05. The van der Waals surface area contributed by atoms with Gasteiger partial charge >= 0.3 is 0 Å². The molecule has 1 unspecified atom stereocenters. The van der Waals surface area contributed by atoms with E-state index in [9.17, 15) is 0 Å². The third kappa shape index (κ3) is 4.80. The molecular formula is C11H17BrN2OS. The minimum Gasteiger partial charge on any atom is -0.396 e. The predicted molar refractivity (Wildman–Crippen MR) is 70.7 cm³/mol. The second kappa shape index (κ2) is 7.25. The van der Waals surface area contributed by atoms with Crippen LogP contribution in [-0.4, -0.2) is 26.9 Å². The molecule has 5 heteroatoms. The van der Waals surface area contributed by atoms with E-state index in [4.69, 9.17) is 5.11 Å². The van der Waals surface area contributed by atoms with Gasteiger partial charge < -0.3 is 5.11 Å². The van der Waals surface area contributed by atoms with Crippen LogP contribution >= 0.6 is 27.7 Å². The summed E-state index contributed by atoms with van der Waals surface area (Å²) in [7, 11) is 0. The van der Waals surface area contributed by atoms with Crippen LogP contribution in [0.4, 0.5) is 0 Å². The number of nitrogens with zero attached hydrogens (tertiary/aromatic N) is 2. The Labute approximate surface area is 109 Å². The Morgan fingerprint density at radius 2 is 2.25 bits per heavy atom. The van der Waals surface area contributed by atoms with Gasteiger partial charge in [-0.15, -0.1) is 11.8 Å². The fourth-order valence-electron chi connectivity index (χ4n) is 1.28. The van der Waals surface area contributed by atoms with Gasteiger partial charge in [0, 0.05) is 24.3 Å². The second-order valence-electron chi connectivity index (χ2n) is 3.64. The van der Waals surface area contributed by atoms with E-state index in [0.29, 0.717) is 5.25 Å². The normalized spacial score (nSPS) is 12.8. The Morgan fingerprint density at radius 1 is 1.50 bits per heavy atom. The molecule has 3 nitrogen and oxygen atoms in total. The standard InChI is InChI=1S/C11H17BrN2OS/c1-3-4-10-13-9(12)7-11(14-10)16-8(2)5-6-15/h7-8,15H,3-6H2,1-2H3. The topological polar surface area (TPSA) is 46.0 Å². The lowest BCUT2D eigenvalue weighted by atomic mass is 10.3. The van der Waals surface area contributed by atoms with Crippen LogP contribution in [0.25, 0.3) is 0 Å². The van der Waals surface area contributed by atoms with Gasteiger partial charge in [-0.05, 0) is 28.8 Å². The highest BCUT2D eigenvalue weighted by atomic mass is 79.9. The minimum absolute atomic E-state index is 0.224. The number of halogens is 1. The van der Waals surface area contributed by atoms with E-state index < -0.39 is 0 Å². The molecule has 0 aliphatic rings. The van der Waals surface area contributed by atoms with Crippen molar-refractivity contribution in [3.63, 3.8) is 0 Å². The van der Waals surface area contributed by atoms with Gasteiger partial charge in [0.25, 0.3) is 0 Å². The molecule has 0 fully saturated rings. The van der Waals surface area contributed by atoms with Crippen LogP contribution in [0.5, 0.6) is 0 Å². The SMILES string of the molecule is CCCc1nc(Br)cc(SC(C)CCO)n1. The number of aliphatic hydroxyl groups is 1. The summed E-state index contributed by atoms with van der Waals surface area (Å²) in [5.74, 6) is 0.885. The summed E-state index contributed by atoms with van der Waals surface area (Å²) in [6.07, 6.45) is 2.74. The zero-order valence-electron chi connectivity index (χ0n) is 9.61. The summed E-state index contributed by atoms with van der Waals surface area (Å²) < 4.78 is 0.838. The van der Waals surface area contributed by atoms with Crippen LogP contribution in [0.3, 0.4) is 0 Å². The summed E-state index contributed by atoms with van der Waals surface area (Å²) >= 11 is 5.08. The Morgan fingerprint density at radius 3 is 2.88 bits per heavy atom. The van der Waals surface area contributed by atoms with Gasteiger partial charge in [-0.2, -0.15) is 0 Å². The van der Waals surface area contributed by atoms with Crippen LogP contribution in [-0.2, 0) is 6.42 Å². The number of aromatic nitrogens is 2. The van der Waals surface area contributed by atoms with Gasteiger partial charge in [0.2, 0.25) is 0 Å². The summed E-state index contributed by atoms with van der Waals surface area (Å²) in [6.45, 7) is 4.43. The van der Waals surface area contributed by atoms with E-state index in [2.05, 4.69) is 39.7 Å². The summed E-state index contributed by atoms with van der Waals surface area (Å²) in [5, 5.41) is 10.2. The lowest BCUT2D eigenvalue weighted by molar-refractivity contribution is 0.289. The maximum Gasteiger partial charge on any atom is 0.130 e. The fourth-order valence-corrected chi connectivity index (χ4v) is 2.83. The number of aliphatic hydroxyl groups excluding tert-OH is 1. The van der Waals surface area contributed by atoms with E-state index >= 15 is 0 Å². The second-order valence-corrected chi connectivity index (χ2v) is 5.91. The van der Waals surface area contributed by atoms with Gasteiger partial charge in [-0.25, -0.2) is 9.97 Å². The molecule has 0 bridgehead atoms. The lowest BCUT2D eigenvalue weighted by Gasteiger charge is -2.09. The Kier molecular flexibility index (Phi) is 6.31. The van der Waals surface area contributed by atoms with E-state index in [1.54, 1.807) is 11.8 Å². The van der Waals surface area contributed by atoms with E-state index in [-0.39, 0.29) is 6.61 Å². The molecule has 16 heavy (non-hydrogen) atoms. The van der Waals surface area contributed by atoms with Crippen LogP contribution in [0.2, 0.25) is 0 Å². The molecule has 1 atom stereocenters. The maximum atomic E-state index is 8.85. The van der Waals surface area contributed by atoms with E-state index in [1.807, 2.05) is 6.07 Å². The number of hydrogen-bond donors (Lipinski definition) is 1. The summed E-state index contributed by atoms with van der Waals surface area (Å²) in [6, 6.07) is 1.93. The molecule has 0 saturated carbocycles. The molecule has 0 aliphatic heterocycles. The molecule has 1 aromatic rings. The van der Waals surface area contributed by atoms with Gasteiger partial charge in [0.15, 0.2) is 0 Å². The van der Waals surface area contributed by atoms with Crippen molar-refractivity contribution in [3.8, 4) is 0 Å². The van der Waals surface area contributed by atoms with E-state index in [0.717, 1.165) is 34.7 Å². The number of aryl methyl sites for hydroxylation is 1. The number of thioether (sulfide) groups is 1. The summed E-state index contributed by atoms with van der Waals surface area (Å²) in [5.41, 5.74) is 0. The van der Waals surface area contributed by atoms with Gasteiger partial charge in [-0.1, -0.05) is 13.8 Å². The molecule has 0 saturated heterocycles. The van der Waals surface area contributed by atoms with Crippen LogP contribution in [0.15, 0.2) is 15.7 Å². The minimum atomic E-state index is 0.224. The van der Waals surface area contributed by atoms with E-state index in [1.165, 1.54) is 0 Å². The lowest BCUT2D eigenvalue weighted by Crippen LogP contribution is -2.02. The first-order valence-electron chi connectivity index (χ1n) is 5.46. The molecule has 0 aliphatic carbocycles. The smallest absolute Gasteiger partial charge is 0.130 e. The van der Waals surface area contributed by atoms with Crippen molar-refractivity contribution in [2.45, 2.75) is 43.4 Å². The van der Waals surface area contributed by atoms with Crippen molar-refractivity contribution in [1.82, 2.24) is 9.97 Å². The molecule has 0 aromatic carbocycles. The van der Waals surface area contributed by atoms with Crippen molar-refractivity contribution in [1.29, 1.82) is 0 Å². The molecular weight excluding hydrogens is 288 g/mol. The summed E-state index contributed by atoms with van der Waals surface area (Å²) in [4.78, 5) is 8.81. The number of rotatable bonds is 6. The monoisotopic (exact) mass is 304 g/mol. The Balaban J connectivity index is 2.71. The molecule has 0 amide bonds. The van der Waals surface area contributed by atoms with Gasteiger partial charge in [0.1, 0.15) is 15.5 Å². The van der Waals surface area contributed by atoms with Crippen molar-refractivity contribution in [2.75, 3.05) is 6.61 Å². The zero-order chi connectivity index (χ0) is 12.0. The molecule has 1 heterocycles. The van der Waals surface area contributed by atoms with Crippen molar-refractivity contribution in [3.05, 3.63) is 16.5 Å². The number of hydrogen-bond acceptors (Lipinski definition) is 4. The third-order valence-corrected chi connectivity index (χ3v) is 3.54. The van der Waals surface area contributed by atoms with Crippen molar-refractivity contribution >= 4 is 27.7 Å². The van der Waals surface area contributed by atoms with Crippen molar-refractivity contribution < 1.29 is 5.11 Å².